The molecule has 1 atom stereocenters. The van der Waals surface area contributed by atoms with E-state index in [0.29, 0.717) is 11.3 Å². The quantitative estimate of drug-likeness (QED) is 0.767. The molecule has 1 aromatic carbocycles. The Balaban J connectivity index is 2.07. The maximum atomic E-state index is 13.6. The number of carbonyl (C=O) groups excluding carboxylic acids is 1. The van der Waals surface area contributed by atoms with Gasteiger partial charge in [0.2, 0.25) is 0 Å². The smallest absolute Gasteiger partial charge is 0.393 e. The summed E-state index contributed by atoms with van der Waals surface area (Å²) in [5, 5.41) is 0.736. The second-order valence-electron chi connectivity index (χ2n) is 8.26. The zero-order valence-electron chi connectivity index (χ0n) is 16.9. The maximum absolute atomic E-state index is 13.6. The van der Waals surface area contributed by atoms with Crippen LogP contribution in [0.4, 0.5) is 13.2 Å². The number of halogens is 3. The fourth-order valence-electron chi connectivity index (χ4n) is 4.78. The van der Waals surface area contributed by atoms with Crippen LogP contribution in [-0.2, 0) is 0 Å². The lowest BCUT2D eigenvalue weighted by atomic mass is 9.73. The van der Waals surface area contributed by atoms with Crippen LogP contribution < -0.4 is 4.74 Å². The second-order valence-corrected chi connectivity index (χ2v) is 8.26. The Kier molecular flexibility index (Phi) is 5.15. The fourth-order valence-corrected chi connectivity index (χ4v) is 4.78. The number of H-pyrrole nitrogens is 1. The predicted octanol–water partition coefficient (Wildman–Crippen LogP) is 5.25. The molecule has 1 saturated heterocycles. The van der Waals surface area contributed by atoms with Gasteiger partial charge in [0.1, 0.15) is 11.4 Å². The summed E-state index contributed by atoms with van der Waals surface area (Å²) >= 11 is 0. The van der Waals surface area contributed by atoms with E-state index in [9.17, 15) is 18.0 Å². The van der Waals surface area contributed by atoms with Gasteiger partial charge >= 0.3 is 6.18 Å². The summed E-state index contributed by atoms with van der Waals surface area (Å²) < 4.78 is 46.1. The summed E-state index contributed by atoms with van der Waals surface area (Å²) in [5.41, 5.74) is 0.153. The SMILES string of the molecule is COc1cccc2[nH]c(C(=O)N3CC(C(F)(F)F)CC3(C(C)C)C(C)C)cc12. The van der Waals surface area contributed by atoms with Gasteiger partial charge in [-0.3, -0.25) is 4.79 Å². The second kappa shape index (κ2) is 7.01. The van der Waals surface area contributed by atoms with Gasteiger partial charge in [-0.05, 0) is 36.5 Å². The van der Waals surface area contributed by atoms with Crippen molar-refractivity contribution in [1.29, 1.82) is 0 Å². The van der Waals surface area contributed by atoms with Gasteiger partial charge in [-0.25, -0.2) is 0 Å². The third-order valence-electron chi connectivity index (χ3n) is 6.26. The van der Waals surface area contributed by atoms with Crippen LogP contribution in [0.15, 0.2) is 24.3 Å². The molecule has 1 amide bonds. The van der Waals surface area contributed by atoms with Gasteiger partial charge < -0.3 is 14.6 Å². The van der Waals surface area contributed by atoms with Gasteiger partial charge in [-0.1, -0.05) is 33.8 Å². The van der Waals surface area contributed by atoms with Crippen LogP contribution in [0.1, 0.15) is 44.6 Å². The van der Waals surface area contributed by atoms with Crippen molar-refractivity contribution in [2.45, 2.75) is 45.8 Å². The topological polar surface area (TPSA) is 45.3 Å². The van der Waals surface area contributed by atoms with E-state index in [2.05, 4.69) is 4.98 Å². The highest BCUT2D eigenvalue weighted by atomic mass is 19.4. The minimum absolute atomic E-state index is 0.0683. The third kappa shape index (κ3) is 3.14. The normalized spacial score (nSPS) is 19.8. The number of nitrogens with zero attached hydrogens (tertiary/aromatic N) is 1. The number of nitrogens with one attached hydrogen (secondary N) is 1. The highest BCUT2D eigenvalue weighted by molar-refractivity contribution is 6.00. The Morgan fingerprint density at radius 2 is 1.89 bits per heavy atom. The molecule has 1 N–H and O–H groups in total. The van der Waals surface area contributed by atoms with Crippen molar-refractivity contribution in [3.63, 3.8) is 0 Å². The number of carbonyl (C=O) groups is 1. The summed E-state index contributed by atoms with van der Waals surface area (Å²) in [6.07, 6.45) is -4.39. The number of rotatable bonds is 4. The maximum Gasteiger partial charge on any atom is 0.393 e. The van der Waals surface area contributed by atoms with Crippen molar-refractivity contribution in [3.05, 3.63) is 30.0 Å². The minimum atomic E-state index is -4.33. The highest BCUT2D eigenvalue weighted by Gasteiger charge is 2.58. The number of ether oxygens (including phenoxy) is 1. The molecule has 1 aliphatic rings. The molecule has 0 aliphatic carbocycles. The first-order chi connectivity index (χ1) is 13.0. The van der Waals surface area contributed by atoms with E-state index in [4.69, 9.17) is 4.74 Å². The van der Waals surface area contributed by atoms with Crippen LogP contribution in [-0.4, -0.2) is 41.2 Å². The van der Waals surface area contributed by atoms with Crippen molar-refractivity contribution in [1.82, 2.24) is 9.88 Å². The lowest BCUT2D eigenvalue weighted by Crippen LogP contribution is -2.54. The van der Waals surface area contributed by atoms with Crippen LogP contribution in [0.3, 0.4) is 0 Å². The molecule has 4 nitrogen and oxygen atoms in total. The van der Waals surface area contributed by atoms with Crippen LogP contribution in [0, 0.1) is 17.8 Å². The monoisotopic (exact) mass is 396 g/mol. The number of benzene rings is 1. The standard InChI is InChI=1S/C21H27F3N2O2/c1-12(2)20(13(3)4)10-14(21(22,23)24)11-26(20)19(27)17-9-15-16(25-17)7-6-8-18(15)28-5/h6-9,12-14,25H,10-11H2,1-5H3. The Bertz CT molecular complexity index is 862. The van der Waals surface area contributed by atoms with Crippen molar-refractivity contribution < 1.29 is 22.7 Å². The van der Waals surface area contributed by atoms with E-state index in [1.807, 2.05) is 33.8 Å². The molecule has 1 unspecified atom stereocenters. The number of likely N-dealkylation sites (tertiary alicyclic amines) is 1. The van der Waals surface area contributed by atoms with E-state index >= 15 is 0 Å². The van der Waals surface area contributed by atoms with Crippen molar-refractivity contribution >= 4 is 16.8 Å². The number of hydrogen-bond donors (Lipinski definition) is 1. The average molecular weight is 396 g/mol. The molecule has 2 heterocycles. The third-order valence-corrected chi connectivity index (χ3v) is 6.26. The van der Waals surface area contributed by atoms with Gasteiger partial charge in [-0.15, -0.1) is 0 Å². The van der Waals surface area contributed by atoms with Gasteiger partial charge in [-0.2, -0.15) is 13.2 Å². The van der Waals surface area contributed by atoms with Crippen molar-refractivity contribution in [2.24, 2.45) is 17.8 Å². The number of aromatic nitrogens is 1. The van der Waals surface area contributed by atoms with E-state index in [-0.39, 0.29) is 30.5 Å². The lowest BCUT2D eigenvalue weighted by Gasteiger charge is -2.45. The summed E-state index contributed by atoms with van der Waals surface area (Å²) in [6.45, 7) is 7.27. The van der Waals surface area contributed by atoms with Gasteiger partial charge in [0, 0.05) is 23.0 Å². The predicted molar refractivity (Wildman–Crippen MR) is 102 cm³/mol. The Hall–Kier alpha value is -2.18. The number of aromatic amines is 1. The van der Waals surface area contributed by atoms with Gasteiger partial charge in [0.15, 0.2) is 0 Å². The summed E-state index contributed by atoms with van der Waals surface area (Å²) in [4.78, 5) is 17.9. The molecule has 0 spiro atoms. The van der Waals surface area contributed by atoms with Crippen LogP contribution in [0.2, 0.25) is 0 Å². The number of amides is 1. The molecule has 0 bridgehead atoms. The van der Waals surface area contributed by atoms with Crippen LogP contribution in [0.25, 0.3) is 10.9 Å². The molecule has 1 aromatic heterocycles. The lowest BCUT2D eigenvalue weighted by molar-refractivity contribution is -0.171. The summed E-state index contributed by atoms with van der Waals surface area (Å²) in [5.74, 6) is -1.51. The zero-order chi connectivity index (χ0) is 20.9. The van der Waals surface area contributed by atoms with Crippen molar-refractivity contribution in [2.75, 3.05) is 13.7 Å². The van der Waals surface area contributed by atoms with E-state index in [1.165, 1.54) is 4.90 Å². The Morgan fingerprint density at radius 1 is 1.25 bits per heavy atom. The van der Waals surface area contributed by atoms with Crippen LogP contribution in [0.5, 0.6) is 5.75 Å². The van der Waals surface area contributed by atoms with E-state index < -0.39 is 23.5 Å². The minimum Gasteiger partial charge on any atom is -0.496 e. The van der Waals surface area contributed by atoms with Crippen LogP contribution >= 0.6 is 0 Å². The number of fused-ring (bicyclic) bond motifs is 1. The Labute approximate surface area is 163 Å². The first-order valence-electron chi connectivity index (χ1n) is 9.56. The highest BCUT2D eigenvalue weighted by Crippen LogP contribution is 2.49. The first-order valence-corrected chi connectivity index (χ1v) is 9.56. The van der Waals surface area contributed by atoms with E-state index in [0.717, 1.165) is 5.39 Å². The first kappa shape index (κ1) is 20.6. The van der Waals surface area contributed by atoms with Gasteiger partial charge in [0.25, 0.3) is 5.91 Å². The molecule has 1 fully saturated rings. The largest absolute Gasteiger partial charge is 0.496 e. The van der Waals surface area contributed by atoms with E-state index in [1.54, 1.807) is 25.3 Å². The molecule has 0 radical (unpaired) electrons. The zero-order valence-corrected chi connectivity index (χ0v) is 16.9. The van der Waals surface area contributed by atoms with Gasteiger partial charge in [0.05, 0.1) is 13.0 Å². The molecule has 0 saturated carbocycles. The molecule has 28 heavy (non-hydrogen) atoms. The molecular weight excluding hydrogens is 369 g/mol. The Morgan fingerprint density at radius 3 is 2.43 bits per heavy atom. The molecule has 1 aliphatic heterocycles. The number of hydrogen-bond acceptors (Lipinski definition) is 2. The number of methoxy groups -OCH3 is 1. The summed E-state index contributed by atoms with van der Waals surface area (Å²) in [6, 6.07) is 7.07. The molecular formula is C21H27F3N2O2. The average Bonchev–Trinajstić information content (AvgIpc) is 3.22. The molecule has 3 rings (SSSR count). The molecule has 7 heteroatoms. The summed E-state index contributed by atoms with van der Waals surface area (Å²) in [7, 11) is 1.54. The number of alkyl halides is 3. The molecule has 154 valence electrons. The molecule has 2 aromatic rings. The van der Waals surface area contributed by atoms with Crippen molar-refractivity contribution in [3.8, 4) is 5.75 Å². The fraction of sp³-hybridized carbons (Fsp3) is 0.571.